The lowest BCUT2D eigenvalue weighted by Gasteiger charge is -2.01. The van der Waals surface area contributed by atoms with E-state index in [1.807, 2.05) is 30.3 Å². The quantitative estimate of drug-likeness (QED) is 0.721. The van der Waals surface area contributed by atoms with Crippen LogP contribution in [0.25, 0.3) is 17.7 Å². The summed E-state index contributed by atoms with van der Waals surface area (Å²) >= 11 is 0. The van der Waals surface area contributed by atoms with Crippen LogP contribution in [0.1, 0.15) is 22.3 Å². The van der Waals surface area contributed by atoms with E-state index in [0.717, 1.165) is 5.56 Å². The Morgan fingerprint density at radius 3 is 2.44 bits per heavy atom. The molecule has 1 aliphatic rings. The minimum atomic E-state index is 0.694. The van der Waals surface area contributed by atoms with Crippen LogP contribution in [-0.2, 0) is 0 Å². The highest BCUT2D eigenvalue weighted by Crippen LogP contribution is 2.30. The topological polar surface area (TPSA) is 23.8 Å². The van der Waals surface area contributed by atoms with Crippen LogP contribution < -0.4 is 0 Å². The third-order valence-electron chi connectivity index (χ3n) is 3.08. The monoisotopic (exact) mass is 229 g/mol. The highest BCUT2D eigenvalue weighted by Gasteiger charge is 2.08. The summed E-state index contributed by atoms with van der Waals surface area (Å²) in [6.45, 7) is 0. The molecule has 0 bridgehead atoms. The number of fused-ring (bicyclic) bond motifs is 1. The molecule has 84 valence electrons. The van der Waals surface area contributed by atoms with E-state index in [-0.39, 0.29) is 0 Å². The third kappa shape index (κ3) is 1.85. The summed E-state index contributed by atoms with van der Waals surface area (Å²) in [6.07, 6.45) is 6.40. The predicted molar refractivity (Wildman–Crippen MR) is 74.5 cm³/mol. The smallest absolute Gasteiger partial charge is 0.0991 e. The number of nitriles is 1. The molecule has 0 atom stereocenters. The van der Waals surface area contributed by atoms with Gasteiger partial charge in [0.15, 0.2) is 0 Å². The normalized spacial score (nSPS) is 14.5. The largest absolute Gasteiger partial charge is 0.192 e. The molecule has 0 spiro atoms. The van der Waals surface area contributed by atoms with Gasteiger partial charge in [0.25, 0.3) is 0 Å². The molecule has 0 unspecified atom stereocenters. The predicted octanol–water partition coefficient (Wildman–Crippen LogP) is 4.13. The summed E-state index contributed by atoms with van der Waals surface area (Å²) in [6, 6.07) is 18.1. The van der Waals surface area contributed by atoms with Crippen LogP contribution in [0.2, 0.25) is 0 Å². The van der Waals surface area contributed by atoms with Gasteiger partial charge in [-0.15, -0.1) is 0 Å². The van der Waals surface area contributed by atoms with Crippen molar-refractivity contribution in [1.82, 2.24) is 0 Å². The van der Waals surface area contributed by atoms with Gasteiger partial charge in [0.2, 0.25) is 0 Å². The fraction of sp³-hybridized carbons (Fsp3) is 0. The summed E-state index contributed by atoms with van der Waals surface area (Å²) in [5.41, 5.74) is 5.56. The van der Waals surface area contributed by atoms with Gasteiger partial charge in [0, 0.05) is 0 Å². The molecule has 0 aliphatic heterocycles. The fourth-order valence-corrected chi connectivity index (χ4v) is 2.13. The van der Waals surface area contributed by atoms with Gasteiger partial charge in [-0.1, -0.05) is 48.6 Å². The maximum Gasteiger partial charge on any atom is 0.0991 e. The Morgan fingerprint density at radius 2 is 1.67 bits per heavy atom. The minimum Gasteiger partial charge on any atom is -0.192 e. The molecule has 0 N–H and O–H groups in total. The van der Waals surface area contributed by atoms with Crippen LogP contribution in [-0.4, -0.2) is 0 Å². The lowest BCUT2D eigenvalue weighted by Crippen LogP contribution is -1.81. The number of hydrogen-bond acceptors (Lipinski definition) is 1. The minimum absolute atomic E-state index is 0.694. The van der Waals surface area contributed by atoms with Crippen molar-refractivity contribution < 1.29 is 0 Å². The van der Waals surface area contributed by atoms with E-state index in [0.29, 0.717) is 5.56 Å². The van der Waals surface area contributed by atoms with Crippen LogP contribution in [0.5, 0.6) is 0 Å². The molecule has 2 aromatic carbocycles. The summed E-state index contributed by atoms with van der Waals surface area (Å²) in [5.74, 6) is 0. The molecule has 0 fully saturated rings. The average molecular weight is 229 g/mol. The van der Waals surface area contributed by atoms with Crippen molar-refractivity contribution in [2.75, 3.05) is 0 Å². The standard InChI is InChI=1S/C17H11N/c18-12-14-7-5-13(6-8-14)11-16-10-9-15-3-1-2-4-17(15)16/h1-11H/b16-11-. The van der Waals surface area contributed by atoms with Gasteiger partial charge in [0.1, 0.15) is 0 Å². The van der Waals surface area contributed by atoms with Gasteiger partial charge in [-0.2, -0.15) is 5.26 Å². The molecule has 0 radical (unpaired) electrons. The molecule has 0 aromatic heterocycles. The first kappa shape index (κ1) is 10.6. The van der Waals surface area contributed by atoms with Crippen LogP contribution in [0.15, 0.2) is 54.6 Å². The highest BCUT2D eigenvalue weighted by atomic mass is 14.2. The van der Waals surface area contributed by atoms with E-state index in [1.165, 1.54) is 16.7 Å². The Hall–Kier alpha value is -2.59. The van der Waals surface area contributed by atoms with E-state index in [9.17, 15) is 0 Å². The van der Waals surface area contributed by atoms with Gasteiger partial charge in [0.05, 0.1) is 11.6 Å². The Kier molecular flexibility index (Phi) is 2.55. The van der Waals surface area contributed by atoms with Crippen molar-refractivity contribution in [3.63, 3.8) is 0 Å². The molecular formula is C17H11N. The summed E-state index contributed by atoms with van der Waals surface area (Å²) < 4.78 is 0. The van der Waals surface area contributed by atoms with Crippen molar-refractivity contribution in [2.24, 2.45) is 0 Å². The van der Waals surface area contributed by atoms with E-state index >= 15 is 0 Å². The van der Waals surface area contributed by atoms with Crippen molar-refractivity contribution in [2.45, 2.75) is 0 Å². The van der Waals surface area contributed by atoms with E-state index in [1.54, 1.807) is 0 Å². The van der Waals surface area contributed by atoms with E-state index < -0.39 is 0 Å². The van der Waals surface area contributed by atoms with Crippen LogP contribution in [0.3, 0.4) is 0 Å². The number of rotatable bonds is 1. The Morgan fingerprint density at radius 1 is 0.889 bits per heavy atom. The van der Waals surface area contributed by atoms with Crippen molar-refractivity contribution in [1.29, 1.82) is 5.26 Å². The molecule has 0 amide bonds. The summed E-state index contributed by atoms with van der Waals surface area (Å²) in [5, 5.41) is 8.77. The van der Waals surface area contributed by atoms with Crippen LogP contribution in [0.4, 0.5) is 0 Å². The van der Waals surface area contributed by atoms with Gasteiger partial charge >= 0.3 is 0 Å². The molecule has 0 heterocycles. The van der Waals surface area contributed by atoms with Crippen LogP contribution >= 0.6 is 0 Å². The van der Waals surface area contributed by atoms with E-state index in [2.05, 4.69) is 42.5 Å². The zero-order valence-corrected chi connectivity index (χ0v) is 9.80. The zero-order chi connectivity index (χ0) is 12.4. The molecule has 18 heavy (non-hydrogen) atoms. The molecule has 1 heteroatoms. The molecular weight excluding hydrogens is 218 g/mol. The summed E-state index contributed by atoms with van der Waals surface area (Å²) in [7, 11) is 0. The number of allylic oxidation sites excluding steroid dienone is 2. The Labute approximate surface area is 106 Å². The van der Waals surface area contributed by atoms with Crippen molar-refractivity contribution >= 4 is 17.7 Å². The van der Waals surface area contributed by atoms with E-state index in [4.69, 9.17) is 5.26 Å². The first-order chi connectivity index (χ1) is 8.86. The SMILES string of the molecule is N#Cc1ccc(/C=C2/C=Cc3ccccc32)cc1. The number of nitrogens with zero attached hydrogens (tertiary/aromatic N) is 1. The second kappa shape index (κ2) is 4.35. The van der Waals surface area contributed by atoms with Crippen LogP contribution in [0, 0.1) is 11.3 Å². The second-order valence-electron chi connectivity index (χ2n) is 4.25. The van der Waals surface area contributed by atoms with Gasteiger partial charge in [-0.3, -0.25) is 0 Å². The maximum absolute atomic E-state index is 8.77. The highest BCUT2D eigenvalue weighted by molar-refractivity contribution is 5.97. The molecule has 1 aliphatic carbocycles. The molecule has 0 saturated carbocycles. The van der Waals surface area contributed by atoms with Gasteiger partial charge in [-0.25, -0.2) is 0 Å². The van der Waals surface area contributed by atoms with Crippen molar-refractivity contribution in [3.05, 3.63) is 76.9 Å². The molecule has 0 saturated heterocycles. The van der Waals surface area contributed by atoms with Crippen molar-refractivity contribution in [3.8, 4) is 6.07 Å². The number of hydrogen-bond donors (Lipinski definition) is 0. The maximum atomic E-state index is 8.77. The molecule has 2 aromatic rings. The average Bonchev–Trinajstić information content (AvgIpc) is 2.83. The lowest BCUT2D eigenvalue weighted by molar-refractivity contribution is 1.48. The molecule has 3 rings (SSSR count). The third-order valence-corrected chi connectivity index (χ3v) is 3.08. The zero-order valence-electron chi connectivity index (χ0n) is 9.80. The lowest BCUT2D eigenvalue weighted by atomic mass is 10.0. The Balaban J connectivity index is 1.99. The fourth-order valence-electron chi connectivity index (χ4n) is 2.13. The first-order valence-electron chi connectivity index (χ1n) is 5.86. The number of benzene rings is 2. The van der Waals surface area contributed by atoms with Gasteiger partial charge in [-0.05, 0) is 40.5 Å². The second-order valence-corrected chi connectivity index (χ2v) is 4.25. The Bertz CT molecular complexity index is 682. The summed E-state index contributed by atoms with van der Waals surface area (Å²) in [4.78, 5) is 0. The van der Waals surface area contributed by atoms with Gasteiger partial charge < -0.3 is 0 Å². The molecule has 1 nitrogen and oxygen atoms in total. The first-order valence-corrected chi connectivity index (χ1v) is 5.86.